The van der Waals surface area contributed by atoms with Crippen LogP contribution in [0.15, 0.2) is 0 Å². The van der Waals surface area contributed by atoms with Crippen molar-refractivity contribution in [2.75, 3.05) is 0 Å². The third-order valence-corrected chi connectivity index (χ3v) is 0. The molecular formula is CH2CaO6P+. The van der Waals surface area contributed by atoms with E-state index in [0.717, 1.165) is 0 Å². The van der Waals surface area contributed by atoms with E-state index in [1.165, 1.54) is 0 Å². The van der Waals surface area contributed by atoms with Crippen LogP contribution in [0.2, 0.25) is 0 Å². The van der Waals surface area contributed by atoms with E-state index in [-0.39, 0.29) is 37.7 Å². The summed E-state index contributed by atoms with van der Waals surface area (Å²) in [6.45, 7) is 0. The molecule has 0 rings (SSSR count). The van der Waals surface area contributed by atoms with Gasteiger partial charge in [0.25, 0.3) is 8.25 Å². The third-order valence-electron chi connectivity index (χ3n) is 0. The molecule has 0 aliphatic rings. The van der Waals surface area contributed by atoms with Gasteiger partial charge in [0.1, 0.15) is 0 Å². The first-order valence-electron chi connectivity index (χ1n) is 1.20. The molecule has 0 aliphatic heterocycles. The van der Waals surface area contributed by atoms with Crippen LogP contribution in [0, 0.1) is 0 Å². The Labute approximate surface area is 81.1 Å². The fourth-order valence-electron chi connectivity index (χ4n) is 0. The Morgan fingerprint density at radius 2 is 1.33 bits per heavy atom. The number of hydrogen-bond donors (Lipinski definition) is 2. The molecule has 0 radical (unpaired) electrons. The maximum absolute atomic E-state index is 8.56. The Morgan fingerprint density at radius 1 is 1.33 bits per heavy atom. The number of rotatable bonds is 0. The molecule has 0 unspecified atom stereocenters. The van der Waals surface area contributed by atoms with Crippen LogP contribution in [0.1, 0.15) is 0 Å². The van der Waals surface area contributed by atoms with Gasteiger partial charge in [-0.15, -0.1) is 0 Å². The standard InChI is InChI=1S/CH2O3.Ca.HO3P/c2-1(3)4;;1-4(2)3/h(H2,2,3,4);;(H,1,2,3)/q;+2;/p-1. The molecule has 0 aromatic heterocycles. The van der Waals surface area contributed by atoms with E-state index in [1.54, 1.807) is 0 Å². The molecule has 0 amide bonds. The van der Waals surface area contributed by atoms with Gasteiger partial charge in [0.15, 0.2) is 0 Å². The molecule has 0 fully saturated rings. The molecule has 0 saturated carbocycles. The molecule has 9 heavy (non-hydrogen) atoms. The first-order chi connectivity index (χ1) is 3.46. The summed E-state index contributed by atoms with van der Waals surface area (Å²) in [5, 5.41) is 13.9. The largest absolute Gasteiger partial charge is 2.00 e. The smallest absolute Gasteiger partial charge is 0.598 e. The van der Waals surface area contributed by atoms with Crippen LogP contribution in [-0.4, -0.2) is 54.1 Å². The summed E-state index contributed by atoms with van der Waals surface area (Å²) < 4.78 is 8.48. The molecular weight excluding hydrogens is 179 g/mol. The normalized spacial score (nSPS) is 5.56. The van der Waals surface area contributed by atoms with E-state index < -0.39 is 14.4 Å². The van der Waals surface area contributed by atoms with Crippen molar-refractivity contribution in [2.45, 2.75) is 0 Å². The third kappa shape index (κ3) is 1210. The van der Waals surface area contributed by atoms with E-state index in [4.69, 9.17) is 29.4 Å². The predicted molar refractivity (Wildman–Crippen MR) is 24.0 cm³/mol. The number of hydrogen-bond acceptors (Lipinski definition) is 4. The quantitative estimate of drug-likeness (QED) is 0.336. The number of carbonyl (C=O) groups is 1. The molecule has 6 nitrogen and oxygen atoms in total. The maximum Gasteiger partial charge on any atom is 2.00 e. The van der Waals surface area contributed by atoms with Gasteiger partial charge in [-0.05, 0) is 0 Å². The Morgan fingerprint density at radius 3 is 1.33 bits per heavy atom. The summed E-state index contributed by atoms with van der Waals surface area (Å²) in [6.07, 6.45) is -1.83. The van der Waals surface area contributed by atoms with Crippen LogP contribution >= 0.6 is 8.25 Å². The van der Waals surface area contributed by atoms with Gasteiger partial charge in [0, 0.05) is 0 Å². The van der Waals surface area contributed by atoms with E-state index in [9.17, 15) is 0 Å². The minimum atomic E-state index is -3.37. The van der Waals surface area contributed by atoms with Gasteiger partial charge in [-0.1, -0.05) is 4.57 Å². The van der Waals surface area contributed by atoms with E-state index >= 15 is 0 Å². The monoisotopic (exact) mass is 181 g/mol. The van der Waals surface area contributed by atoms with Gasteiger partial charge in [-0.25, -0.2) is 4.79 Å². The second-order valence-electron chi connectivity index (χ2n) is 0.506. The van der Waals surface area contributed by atoms with Crippen molar-refractivity contribution in [2.24, 2.45) is 0 Å². The summed E-state index contributed by atoms with van der Waals surface area (Å²) >= 11 is 0. The van der Waals surface area contributed by atoms with Crippen molar-refractivity contribution in [3.63, 3.8) is 0 Å². The Bertz CT molecular complexity index is 71.1. The summed E-state index contributed by atoms with van der Waals surface area (Å²) in [5.74, 6) is 0. The number of carboxylic acid groups (broad SMARTS) is 2. The molecule has 0 heterocycles. The minimum Gasteiger partial charge on any atom is -0.598 e. The van der Waals surface area contributed by atoms with E-state index in [0.29, 0.717) is 0 Å². The first-order valence-corrected chi connectivity index (χ1v) is 2.29. The van der Waals surface area contributed by atoms with Crippen molar-refractivity contribution in [3.05, 3.63) is 0 Å². The molecule has 0 aliphatic carbocycles. The predicted octanol–water partition coefficient (Wildman–Crippen LogP) is -1.79. The first kappa shape index (κ1) is 16.3. The van der Waals surface area contributed by atoms with Gasteiger partial charge in [-0.3, -0.25) is 0 Å². The molecule has 0 atom stereocenters. The Balaban J connectivity index is -0.0000000720. The molecule has 0 bridgehead atoms. The van der Waals surface area contributed by atoms with Crippen LogP contribution < -0.4 is 9.79 Å². The Kier molecular flexibility index (Phi) is 20.5. The van der Waals surface area contributed by atoms with Crippen LogP contribution in [0.4, 0.5) is 4.79 Å². The van der Waals surface area contributed by atoms with Gasteiger partial charge in [0.2, 0.25) is 0 Å². The average Bonchev–Trinajstić information content (AvgIpc) is 1.25. The summed E-state index contributed by atoms with van der Waals surface area (Å²) in [6, 6.07) is 0. The van der Waals surface area contributed by atoms with Gasteiger partial charge >= 0.3 is 43.9 Å². The fraction of sp³-hybridized carbons (Fsp3) is 0. The second-order valence-corrected chi connectivity index (χ2v) is 0.953. The zero-order chi connectivity index (χ0) is 7.15. The summed E-state index contributed by atoms with van der Waals surface area (Å²) in [5.41, 5.74) is 0. The molecule has 0 aromatic rings. The Hall–Kier alpha value is 0.550. The average molecular weight is 181 g/mol. The molecule has 0 aromatic carbocycles. The zero-order valence-corrected chi connectivity index (χ0v) is 7.28. The molecule has 2 N–H and O–H groups in total. The maximum atomic E-state index is 8.56. The van der Waals surface area contributed by atoms with Crippen LogP contribution in [-0.2, 0) is 4.57 Å². The van der Waals surface area contributed by atoms with Crippen LogP contribution in [0.3, 0.4) is 0 Å². The van der Waals surface area contributed by atoms with Crippen molar-refractivity contribution >= 4 is 52.1 Å². The second kappa shape index (κ2) is 11.4. The molecule has 48 valence electrons. The molecule has 0 spiro atoms. The SMILES string of the molecule is O=C(O)O.O=[P+]([O-])[O-].[Ca+2]. The summed E-state index contributed by atoms with van der Waals surface area (Å²) in [7, 11) is -3.37. The molecule has 8 heteroatoms. The summed E-state index contributed by atoms with van der Waals surface area (Å²) in [4.78, 5) is 25.5. The zero-order valence-electron chi connectivity index (χ0n) is 4.18. The topological polar surface area (TPSA) is 121 Å². The fourth-order valence-corrected chi connectivity index (χ4v) is 0. The van der Waals surface area contributed by atoms with Crippen LogP contribution in [0.5, 0.6) is 0 Å². The van der Waals surface area contributed by atoms with E-state index in [1.807, 2.05) is 0 Å². The van der Waals surface area contributed by atoms with Crippen LogP contribution in [0.25, 0.3) is 0 Å². The van der Waals surface area contributed by atoms with Gasteiger partial charge < -0.3 is 20.0 Å². The minimum absolute atomic E-state index is 0. The van der Waals surface area contributed by atoms with E-state index in [2.05, 4.69) is 0 Å². The van der Waals surface area contributed by atoms with Crippen molar-refractivity contribution in [1.29, 1.82) is 0 Å². The van der Waals surface area contributed by atoms with Gasteiger partial charge in [-0.2, -0.15) is 0 Å². The molecule has 0 saturated heterocycles. The van der Waals surface area contributed by atoms with Crippen molar-refractivity contribution < 1.29 is 29.4 Å². The van der Waals surface area contributed by atoms with Crippen molar-refractivity contribution in [3.8, 4) is 0 Å². The van der Waals surface area contributed by atoms with Gasteiger partial charge in [0.05, 0.1) is 0 Å². The van der Waals surface area contributed by atoms with Crippen molar-refractivity contribution in [1.82, 2.24) is 0 Å².